The SMILES string of the molecule is C.C.C.CC(C)N1C[C@@H](C)O[C@@H](C)C1.CC(C)c1ccccc1.[Y]. The monoisotopic (exact) mass is 414 g/mol. The summed E-state index contributed by atoms with van der Waals surface area (Å²) in [6.45, 7) is 15.3. The largest absolute Gasteiger partial charge is 0.373 e. The average molecular weight is 414 g/mol. The van der Waals surface area contributed by atoms with E-state index in [0.717, 1.165) is 13.1 Å². The Hall–Kier alpha value is 0.244. The first-order valence-electron chi connectivity index (χ1n) is 7.84. The molecule has 0 aromatic heterocycles. The van der Waals surface area contributed by atoms with Gasteiger partial charge in [-0.25, -0.2) is 0 Å². The van der Waals surface area contributed by atoms with Gasteiger partial charge in [-0.05, 0) is 39.2 Å². The van der Waals surface area contributed by atoms with Crippen molar-refractivity contribution in [2.24, 2.45) is 0 Å². The Labute approximate surface area is 178 Å². The fourth-order valence-electron chi connectivity index (χ4n) is 2.48. The number of rotatable bonds is 2. The van der Waals surface area contributed by atoms with E-state index in [0.29, 0.717) is 24.2 Å². The maximum absolute atomic E-state index is 5.62. The maximum Gasteiger partial charge on any atom is 0.0678 e. The van der Waals surface area contributed by atoms with Crippen molar-refractivity contribution in [3.8, 4) is 0 Å². The van der Waals surface area contributed by atoms with Crippen LogP contribution >= 0.6 is 0 Å². The molecule has 2 atom stereocenters. The predicted octanol–water partition coefficient (Wildman–Crippen LogP) is 6.22. The molecule has 3 heteroatoms. The molecule has 0 spiro atoms. The molecular weight excluding hydrogens is 371 g/mol. The van der Waals surface area contributed by atoms with E-state index < -0.39 is 0 Å². The van der Waals surface area contributed by atoms with Crippen LogP contribution in [0, 0.1) is 0 Å². The van der Waals surface area contributed by atoms with Crippen LogP contribution in [-0.2, 0) is 37.4 Å². The molecule has 1 saturated heterocycles. The van der Waals surface area contributed by atoms with Crippen LogP contribution in [-0.4, -0.2) is 36.2 Å². The molecule has 0 aliphatic carbocycles. The third-order valence-electron chi connectivity index (χ3n) is 3.64. The van der Waals surface area contributed by atoms with Crippen LogP contribution in [0.2, 0.25) is 0 Å². The number of hydrogen-bond acceptors (Lipinski definition) is 2. The Balaban J connectivity index is -0.000000145. The third kappa shape index (κ3) is 12.6. The van der Waals surface area contributed by atoms with Gasteiger partial charge >= 0.3 is 0 Å². The molecule has 0 amide bonds. The summed E-state index contributed by atoms with van der Waals surface area (Å²) < 4.78 is 5.62. The molecule has 2 nitrogen and oxygen atoms in total. The van der Waals surface area contributed by atoms with E-state index in [1.807, 2.05) is 6.07 Å². The van der Waals surface area contributed by atoms with E-state index in [4.69, 9.17) is 4.74 Å². The maximum atomic E-state index is 5.62. The van der Waals surface area contributed by atoms with Gasteiger partial charge in [-0.1, -0.05) is 66.5 Å². The zero-order valence-electron chi connectivity index (χ0n) is 14.5. The van der Waals surface area contributed by atoms with Gasteiger partial charge in [0.2, 0.25) is 0 Å². The van der Waals surface area contributed by atoms with Crippen molar-refractivity contribution in [2.75, 3.05) is 13.1 Å². The minimum Gasteiger partial charge on any atom is -0.373 e. The van der Waals surface area contributed by atoms with Crippen LogP contribution in [0.3, 0.4) is 0 Å². The fraction of sp³-hybridized carbons (Fsp3) is 0.714. The standard InChI is InChI=1S/C9H19NO.C9H12.3CH4.Y/c1-7(2)10-5-8(3)11-9(4)6-10;1-8(2)9-6-4-3-5-7-9;;;;/h7-9H,5-6H2,1-4H3;3-8H,1-2H3;3*1H4;/t8-,9+;;;;;. The minimum atomic E-state index is 0. The van der Waals surface area contributed by atoms with E-state index >= 15 is 0 Å². The zero-order chi connectivity index (χ0) is 15.1. The Bertz CT molecular complexity index is 357. The Kier molecular flexibility index (Phi) is 22.2. The molecule has 1 radical (unpaired) electrons. The molecule has 1 heterocycles. The first-order valence-corrected chi connectivity index (χ1v) is 7.84. The smallest absolute Gasteiger partial charge is 0.0678 e. The summed E-state index contributed by atoms with van der Waals surface area (Å²) in [6, 6.07) is 11.2. The van der Waals surface area contributed by atoms with Gasteiger partial charge in [0.1, 0.15) is 0 Å². The average Bonchev–Trinajstić information content (AvgIpc) is 2.39. The summed E-state index contributed by atoms with van der Waals surface area (Å²) in [6.07, 6.45) is 0.808. The summed E-state index contributed by atoms with van der Waals surface area (Å²) in [5.41, 5.74) is 1.41. The molecular formula is C21H43NOY. The fourth-order valence-corrected chi connectivity index (χ4v) is 2.48. The summed E-state index contributed by atoms with van der Waals surface area (Å²) in [7, 11) is 0. The van der Waals surface area contributed by atoms with Gasteiger partial charge in [-0.3, -0.25) is 4.90 Å². The van der Waals surface area contributed by atoms with Crippen molar-refractivity contribution >= 4 is 0 Å². The van der Waals surface area contributed by atoms with E-state index in [2.05, 4.69) is 70.7 Å². The van der Waals surface area contributed by atoms with Crippen LogP contribution in [0.15, 0.2) is 30.3 Å². The number of ether oxygens (including phenoxy) is 1. The first-order chi connectivity index (χ1) is 9.40. The summed E-state index contributed by atoms with van der Waals surface area (Å²) in [4.78, 5) is 2.47. The summed E-state index contributed by atoms with van der Waals surface area (Å²) in [5.74, 6) is 0.659. The van der Waals surface area contributed by atoms with E-state index in [-0.39, 0.29) is 55.0 Å². The molecule has 0 saturated carbocycles. The molecule has 141 valence electrons. The summed E-state index contributed by atoms with van der Waals surface area (Å²) >= 11 is 0. The molecule has 1 aliphatic rings. The molecule has 0 bridgehead atoms. The molecule has 1 aromatic carbocycles. The molecule has 2 rings (SSSR count). The molecule has 24 heavy (non-hydrogen) atoms. The number of benzene rings is 1. The second-order valence-corrected chi connectivity index (χ2v) is 6.37. The number of hydrogen-bond donors (Lipinski definition) is 0. The minimum absolute atomic E-state index is 0. The van der Waals surface area contributed by atoms with Crippen LogP contribution in [0.1, 0.15) is 75.3 Å². The van der Waals surface area contributed by atoms with Crippen LogP contribution < -0.4 is 0 Å². The topological polar surface area (TPSA) is 12.5 Å². The van der Waals surface area contributed by atoms with Crippen LogP contribution in [0.25, 0.3) is 0 Å². The van der Waals surface area contributed by atoms with Gasteiger partial charge in [0.25, 0.3) is 0 Å². The zero-order valence-corrected chi connectivity index (χ0v) is 17.4. The molecule has 0 unspecified atom stereocenters. The van der Waals surface area contributed by atoms with Gasteiger partial charge in [0, 0.05) is 51.8 Å². The van der Waals surface area contributed by atoms with Gasteiger partial charge in [0.15, 0.2) is 0 Å². The van der Waals surface area contributed by atoms with E-state index in [1.54, 1.807) is 0 Å². The van der Waals surface area contributed by atoms with Crippen molar-refractivity contribution in [1.29, 1.82) is 0 Å². The molecule has 1 fully saturated rings. The van der Waals surface area contributed by atoms with Crippen molar-refractivity contribution < 1.29 is 37.4 Å². The first kappa shape index (κ1) is 32.0. The second kappa shape index (κ2) is 16.7. The quantitative estimate of drug-likeness (QED) is 0.570. The third-order valence-corrected chi connectivity index (χ3v) is 3.64. The second-order valence-electron chi connectivity index (χ2n) is 6.37. The van der Waals surface area contributed by atoms with E-state index in [9.17, 15) is 0 Å². The Morgan fingerprint density at radius 3 is 1.58 bits per heavy atom. The van der Waals surface area contributed by atoms with Crippen LogP contribution in [0.5, 0.6) is 0 Å². The number of morpholine rings is 1. The number of nitrogens with zero attached hydrogens (tertiary/aromatic N) is 1. The predicted molar refractivity (Wildman–Crippen MR) is 107 cm³/mol. The van der Waals surface area contributed by atoms with Crippen molar-refractivity contribution in [3.63, 3.8) is 0 Å². The van der Waals surface area contributed by atoms with Gasteiger partial charge < -0.3 is 4.74 Å². The normalized spacial score (nSPS) is 19.7. The summed E-state index contributed by atoms with van der Waals surface area (Å²) in [5, 5.41) is 0. The van der Waals surface area contributed by atoms with Gasteiger partial charge in [-0.15, -0.1) is 0 Å². The Morgan fingerprint density at radius 1 is 0.875 bits per heavy atom. The van der Waals surface area contributed by atoms with Gasteiger partial charge in [-0.2, -0.15) is 0 Å². The van der Waals surface area contributed by atoms with E-state index in [1.165, 1.54) is 5.56 Å². The van der Waals surface area contributed by atoms with Crippen molar-refractivity contribution in [2.45, 2.75) is 88.0 Å². The van der Waals surface area contributed by atoms with Crippen molar-refractivity contribution in [3.05, 3.63) is 35.9 Å². The Morgan fingerprint density at radius 2 is 1.29 bits per heavy atom. The van der Waals surface area contributed by atoms with Crippen molar-refractivity contribution in [1.82, 2.24) is 4.90 Å². The van der Waals surface area contributed by atoms with Crippen LogP contribution in [0.4, 0.5) is 0 Å². The molecule has 0 N–H and O–H groups in total. The van der Waals surface area contributed by atoms with Gasteiger partial charge in [0.05, 0.1) is 12.2 Å². The molecule has 1 aliphatic heterocycles. The molecule has 1 aromatic rings.